The lowest BCUT2D eigenvalue weighted by atomic mass is 10.1. The first-order valence-electron chi connectivity index (χ1n) is 8.20. The van der Waals surface area contributed by atoms with Gasteiger partial charge in [0.2, 0.25) is 0 Å². The van der Waals surface area contributed by atoms with Crippen LogP contribution in [0.5, 0.6) is 0 Å². The Morgan fingerprint density at radius 3 is 2.50 bits per heavy atom. The lowest BCUT2D eigenvalue weighted by molar-refractivity contribution is -0.230. The molecule has 10 heteroatoms. The van der Waals surface area contributed by atoms with Crippen molar-refractivity contribution in [3.63, 3.8) is 0 Å². The number of amides is 1. The number of carbonyl (C=O) groups is 1. The summed E-state index contributed by atoms with van der Waals surface area (Å²) in [6, 6.07) is 3.19. The molecule has 3 N–H and O–H groups in total. The number of carbonyl (C=O) groups excluding carboxylic acids is 1. The maximum atomic E-state index is 14.4. The summed E-state index contributed by atoms with van der Waals surface area (Å²) in [6.45, 7) is 1.34. The molecule has 2 aromatic carbocycles. The van der Waals surface area contributed by atoms with E-state index in [0.717, 1.165) is 18.2 Å². The van der Waals surface area contributed by atoms with Crippen molar-refractivity contribution in [2.75, 3.05) is 5.32 Å². The minimum Gasteiger partial charge on any atom is -0.364 e. The van der Waals surface area contributed by atoms with Gasteiger partial charge in [-0.3, -0.25) is 4.79 Å². The van der Waals surface area contributed by atoms with Gasteiger partial charge in [-0.25, -0.2) is 27.9 Å². The van der Waals surface area contributed by atoms with Gasteiger partial charge in [0.25, 0.3) is 5.91 Å². The molecule has 1 aliphatic carbocycles. The largest absolute Gasteiger partial charge is 0.364 e. The summed E-state index contributed by atoms with van der Waals surface area (Å²) in [6.07, 6.45) is 1.41. The van der Waals surface area contributed by atoms with Gasteiger partial charge in [0.15, 0.2) is 17.4 Å². The second kappa shape index (κ2) is 7.57. The highest BCUT2D eigenvalue weighted by molar-refractivity contribution is 6.31. The summed E-state index contributed by atoms with van der Waals surface area (Å²) < 4.78 is 55.2. The standard InChI is InChI=1S/C18H15ClF4N2O3/c1-18(27,8-2-3-8)28-25-17(26)10-7-11(19)14(22)15(23)16(10)24-13-5-4-9(20)6-12(13)21/h4-8,24,27H,2-3H2,1H3,(H,25,26). The SMILES string of the molecule is CC(O)(ONC(=O)c1cc(Cl)c(F)c(F)c1Nc1ccc(F)cc1F)C1CC1. The number of anilines is 2. The topological polar surface area (TPSA) is 70.6 Å². The van der Waals surface area contributed by atoms with Gasteiger partial charge in [-0.2, -0.15) is 0 Å². The number of hydrogen-bond donors (Lipinski definition) is 3. The maximum absolute atomic E-state index is 14.4. The minimum atomic E-state index is -1.64. The third kappa shape index (κ3) is 4.21. The molecule has 3 rings (SSSR count). The van der Waals surface area contributed by atoms with Gasteiger partial charge in [-0.15, -0.1) is 0 Å². The number of rotatable bonds is 6. The summed E-state index contributed by atoms with van der Waals surface area (Å²) in [5.74, 6) is -7.86. The second-order valence-corrected chi connectivity index (χ2v) is 6.93. The molecule has 1 atom stereocenters. The van der Waals surface area contributed by atoms with Gasteiger partial charge in [0, 0.05) is 12.0 Å². The second-order valence-electron chi connectivity index (χ2n) is 6.52. The molecule has 0 bridgehead atoms. The van der Waals surface area contributed by atoms with E-state index in [2.05, 4.69) is 5.32 Å². The Bertz CT molecular complexity index is 936. The van der Waals surface area contributed by atoms with Gasteiger partial charge in [-0.05, 0) is 38.0 Å². The molecule has 5 nitrogen and oxygen atoms in total. The molecule has 1 amide bonds. The molecule has 1 unspecified atom stereocenters. The Kier molecular flexibility index (Phi) is 5.51. The highest BCUT2D eigenvalue weighted by Gasteiger charge is 2.42. The van der Waals surface area contributed by atoms with Crippen molar-refractivity contribution in [2.45, 2.75) is 25.6 Å². The monoisotopic (exact) mass is 418 g/mol. The lowest BCUT2D eigenvalue weighted by Crippen LogP contribution is -2.40. The highest BCUT2D eigenvalue weighted by Crippen LogP contribution is 2.39. The van der Waals surface area contributed by atoms with Crippen LogP contribution in [-0.4, -0.2) is 16.8 Å². The molecule has 0 spiro atoms. The van der Waals surface area contributed by atoms with Crippen molar-refractivity contribution in [1.29, 1.82) is 0 Å². The molecule has 1 aliphatic rings. The molecule has 2 aromatic rings. The fraction of sp³-hybridized carbons (Fsp3) is 0.278. The Morgan fingerprint density at radius 1 is 1.21 bits per heavy atom. The molecule has 0 heterocycles. The van der Waals surface area contributed by atoms with E-state index in [4.69, 9.17) is 16.4 Å². The van der Waals surface area contributed by atoms with Crippen LogP contribution in [0.15, 0.2) is 24.3 Å². The molecule has 1 saturated carbocycles. The summed E-state index contributed by atoms with van der Waals surface area (Å²) in [7, 11) is 0. The van der Waals surface area contributed by atoms with Crippen LogP contribution in [0.2, 0.25) is 5.02 Å². The Balaban J connectivity index is 1.92. The van der Waals surface area contributed by atoms with Crippen molar-refractivity contribution >= 4 is 28.9 Å². The number of aliphatic hydroxyl groups is 1. The van der Waals surface area contributed by atoms with Crippen molar-refractivity contribution < 1.29 is 32.3 Å². The van der Waals surface area contributed by atoms with Crippen LogP contribution in [0, 0.1) is 29.2 Å². The first kappa shape index (κ1) is 20.4. The van der Waals surface area contributed by atoms with Crippen LogP contribution in [0.4, 0.5) is 28.9 Å². The van der Waals surface area contributed by atoms with E-state index in [-0.39, 0.29) is 5.92 Å². The van der Waals surface area contributed by atoms with E-state index in [1.165, 1.54) is 6.92 Å². The fourth-order valence-electron chi connectivity index (χ4n) is 2.53. The Labute approximate surface area is 162 Å². The average Bonchev–Trinajstić information content (AvgIpc) is 3.47. The van der Waals surface area contributed by atoms with Gasteiger partial charge in [0.05, 0.1) is 22.0 Å². The zero-order valence-corrected chi connectivity index (χ0v) is 15.2. The number of halogens is 5. The van der Waals surface area contributed by atoms with Gasteiger partial charge in [0.1, 0.15) is 11.6 Å². The van der Waals surface area contributed by atoms with Gasteiger partial charge >= 0.3 is 0 Å². The maximum Gasteiger partial charge on any atom is 0.277 e. The van der Waals surface area contributed by atoms with E-state index < -0.39 is 56.9 Å². The predicted molar refractivity (Wildman–Crippen MR) is 92.9 cm³/mol. The van der Waals surface area contributed by atoms with Crippen LogP contribution >= 0.6 is 11.6 Å². The quantitative estimate of drug-likeness (QED) is 0.281. The number of nitrogens with one attached hydrogen (secondary N) is 2. The van der Waals surface area contributed by atoms with E-state index in [9.17, 15) is 27.5 Å². The Hall–Kier alpha value is -2.36. The van der Waals surface area contributed by atoms with Crippen LogP contribution < -0.4 is 10.8 Å². The van der Waals surface area contributed by atoms with E-state index in [1.54, 1.807) is 0 Å². The fourth-order valence-corrected chi connectivity index (χ4v) is 2.72. The summed E-state index contributed by atoms with van der Waals surface area (Å²) in [4.78, 5) is 17.4. The normalized spacial score (nSPS) is 15.8. The third-order valence-corrected chi connectivity index (χ3v) is 4.56. The molecule has 0 aromatic heterocycles. The number of benzene rings is 2. The summed E-state index contributed by atoms with van der Waals surface area (Å²) in [5.41, 5.74) is 0.302. The molecule has 1 fully saturated rings. The number of hydroxylamine groups is 1. The molecule has 150 valence electrons. The van der Waals surface area contributed by atoms with Gasteiger partial charge in [-0.1, -0.05) is 11.6 Å². The predicted octanol–water partition coefficient (Wildman–Crippen LogP) is 4.42. The summed E-state index contributed by atoms with van der Waals surface area (Å²) >= 11 is 5.60. The molecular weight excluding hydrogens is 404 g/mol. The van der Waals surface area contributed by atoms with E-state index in [0.29, 0.717) is 18.9 Å². The highest BCUT2D eigenvalue weighted by atomic mass is 35.5. The molecule has 0 saturated heterocycles. The Morgan fingerprint density at radius 2 is 1.89 bits per heavy atom. The first-order valence-corrected chi connectivity index (χ1v) is 8.58. The smallest absolute Gasteiger partial charge is 0.277 e. The first-order chi connectivity index (χ1) is 13.1. The summed E-state index contributed by atoms with van der Waals surface area (Å²) in [5, 5.41) is 11.6. The lowest BCUT2D eigenvalue weighted by Gasteiger charge is -2.23. The van der Waals surface area contributed by atoms with Crippen molar-refractivity contribution in [2.24, 2.45) is 5.92 Å². The molecule has 0 radical (unpaired) electrons. The third-order valence-electron chi connectivity index (χ3n) is 4.28. The van der Waals surface area contributed by atoms with E-state index in [1.807, 2.05) is 5.48 Å². The molecule has 0 aliphatic heterocycles. The number of hydrogen-bond acceptors (Lipinski definition) is 4. The van der Waals surface area contributed by atoms with E-state index >= 15 is 0 Å². The van der Waals surface area contributed by atoms with Crippen molar-refractivity contribution in [3.8, 4) is 0 Å². The average molecular weight is 419 g/mol. The van der Waals surface area contributed by atoms with Crippen LogP contribution in [0.1, 0.15) is 30.1 Å². The van der Waals surface area contributed by atoms with Crippen molar-refractivity contribution in [1.82, 2.24) is 5.48 Å². The van der Waals surface area contributed by atoms with Crippen LogP contribution in [0.25, 0.3) is 0 Å². The zero-order valence-electron chi connectivity index (χ0n) is 14.5. The van der Waals surface area contributed by atoms with Gasteiger partial charge < -0.3 is 10.4 Å². The molecular formula is C18H15ClF4N2O3. The zero-order chi connectivity index (χ0) is 20.6. The molecule has 28 heavy (non-hydrogen) atoms. The van der Waals surface area contributed by atoms with Crippen LogP contribution in [-0.2, 0) is 4.84 Å². The van der Waals surface area contributed by atoms with Crippen LogP contribution in [0.3, 0.4) is 0 Å². The van der Waals surface area contributed by atoms with Crippen molar-refractivity contribution in [3.05, 3.63) is 58.1 Å². The minimum absolute atomic E-state index is 0.174.